The molecule has 0 saturated carbocycles. The fourth-order valence-electron chi connectivity index (χ4n) is 4.04. The van der Waals surface area contributed by atoms with Crippen LogP contribution in [-0.2, 0) is 30.3 Å². The SMILES string of the molecule is CC1(C)O[C@H]2O[C@H]([C@@H]3CN=C(C#Cc4ccccc4)O3)[C@H](OCc3ccccc3)[C@H]2O1. The Bertz CT molecular complexity index is 995. The van der Waals surface area contributed by atoms with E-state index in [0.29, 0.717) is 19.0 Å². The van der Waals surface area contributed by atoms with Gasteiger partial charge in [-0.25, -0.2) is 4.99 Å². The Morgan fingerprint density at radius 1 is 0.968 bits per heavy atom. The molecular weight excluding hydrogens is 394 g/mol. The summed E-state index contributed by atoms with van der Waals surface area (Å²) in [5, 5.41) is 0. The molecule has 2 saturated heterocycles. The van der Waals surface area contributed by atoms with E-state index in [4.69, 9.17) is 23.7 Å². The minimum atomic E-state index is -0.714. The van der Waals surface area contributed by atoms with Crippen molar-refractivity contribution in [3.8, 4) is 11.8 Å². The normalized spacial score (nSPS) is 30.8. The zero-order valence-electron chi connectivity index (χ0n) is 17.6. The number of benzene rings is 2. The number of fused-ring (bicyclic) bond motifs is 1. The summed E-state index contributed by atoms with van der Waals surface area (Å²) in [6, 6.07) is 19.8. The number of hydrogen-bond donors (Lipinski definition) is 0. The van der Waals surface area contributed by atoms with Gasteiger partial charge in [-0.1, -0.05) is 54.5 Å². The van der Waals surface area contributed by atoms with Crippen molar-refractivity contribution in [2.24, 2.45) is 4.99 Å². The molecule has 3 aliphatic heterocycles. The smallest absolute Gasteiger partial charge is 0.264 e. The summed E-state index contributed by atoms with van der Waals surface area (Å²) in [4.78, 5) is 4.46. The van der Waals surface area contributed by atoms with Gasteiger partial charge < -0.3 is 23.7 Å². The first-order valence-electron chi connectivity index (χ1n) is 10.5. The highest BCUT2D eigenvalue weighted by Crippen LogP contribution is 2.40. The zero-order valence-corrected chi connectivity index (χ0v) is 17.6. The van der Waals surface area contributed by atoms with Crippen molar-refractivity contribution in [3.63, 3.8) is 0 Å². The number of ether oxygens (including phenoxy) is 5. The van der Waals surface area contributed by atoms with Crippen LogP contribution < -0.4 is 0 Å². The van der Waals surface area contributed by atoms with Crippen molar-refractivity contribution in [3.05, 3.63) is 71.8 Å². The van der Waals surface area contributed by atoms with Crippen LogP contribution in [0.15, 0.2) is 65.7 Å². The number of rotatable bonds is 4. The summed E-state index contributed by atoms with van der Waals surface area (Å²) in [5.74, 6) is 5.79. The minimum Gasteiger partial charge on any atom is -0.463 e. The number of hydrogen-bond acceptors (Lipinski definition) is 6. The summed E-state index contributed by atoms with van der Waals surface area (Å²) in [6.07, 6.45) is -1.83. The molecule has 5 atom stereocenters. The van der Waals surface area contributed by atoms with Crippen LogP contribution in [0.3, 0.4) is 0 Å². The van der Waals surface area contributed by atoms with Gasteiger partial charge in [-0.2, -0.15) is 0 Å². The maximum absolute atomic E-state index is 6.29. The molecule has 0 radical (unpaired) electrons. The highest BCUT2D eigenvalue weighted by atomic mass is 16.8. The van der Waals surface area contributed by atoms with E-state index in [9.17, 15) is 0 Å². The largest absolute Gasteiger partial charge is 0.463 e. The van der Waals surface area contributed by atoms with Crippen LogP contribution >= 0.6 is 0 Å². The van der Waals surface area contributed by atoms with Crippen molar-refractivity contribution >= 4 is 5.90 Å². The Morgan fingerprint density at radius 3 is 2.48 bits per heavy atom. The fourth-order valence-corrected chi connectivity index (χ4v) is 4.04. The molecule has 0 N–H and O–H groups in total. The van der Waals surface area contributed by atoms with Gasteiger partial charge in [-0.3, -0.25) is 0 Å². The standard InChI is InChI=1S/C25H25NO5/c1-25(2)30-23-22(27-16-18-11-7-4-8-12-18)21(29-24(23)31-25)19-15-26-20(28-19)14-13-17-9-5-3-6-10-17/h3-12,19,21-24H,15-16H2,1-2H3/t19-,21+,22-,23+,24+/m0/s1. The van der Waals surface area contributed by atoms with E-state index < -0.39 is 12.1 Å². The summed E-state index contributed by atoms with van der Waals surface area (Å²) >= 11 is 0. The van der Waals surface area contributed by atoms with Crippen molar-refractivity contribution < 1.29 is 23.7 Å². The summed E-state index contributed by atoms with van der Waals surface area (Å²) in [7, 11) is 0. The molecule has 31 heavy (non-hydrogen) atoms. The number of aliphatic imine (C=N–C) groups is 1. The van der Waals surface area contributed by atoms with Gasteiger partial charge >= 0.3 is 0 Å². The lowest BCUT2D eigenvalue weighted by Crippen LogP contribution is -2.44. The molecule has 2 fully saturated rings. The van der Waals surface area contributed by atoms with Gasteiger partial charge in [0, 0.05) is 5.56 Å². The predicted octanol–water partition coefficient (Wildman–Crippen LogP) is 3.30. The van der Waals surface area contributed by atoms with Gasteiger partial charge in [0.1, 0.15) is 24.4 Å². The molecule has 0 aromatic heterocycles. The van der Waals surface area contributed by atoms with Gasteiger partial charge in [0.05, 0.1) is 13.2 Å². The van der Waals surface area contributed by atoms with Gasteiger partial charge in [-0.15, -0.1) is 0 Å². The van der Waals surface area contributed by atoms with Crippen molar-refractivity contribution in [2.45, 2.75) is 56.9 Å². The summed E-state index contributed by atoms with van der Waals surface area (Å²) in [6.45, 7) is 4.67. The van der Waals surface area contributed by atoms with E-state index in [1.54, 1.807) is 0 Å². The molecule has 2 aromatic carbocycles. The van der Waals surface area contributed by atoms with Gasteiger partial charge in [0.2, 0.25) is 0 Å². The lowest BCUT2D eigenvalue weighted by atomic mass is 10.1. The molecule has 3 heterocycles. The molecular formula is C25H25NO5. The average Bonchev–Trinajstić information content (AvgIpc) is 3.44. The van der Waals surface area contributed by atoms with E-state index in [0.717, 1.165) is 11.1 Å². The Kier molecular flexibility index (Phi) is 5.51. The second-order valence-corrected chi connectivity index (χ2v) is 8.25. The van der Waals surface area contributed by atoms with Gasteiger partial charge in [0.25, 0.3) is 5.90 Å². The van der Waals surface area contributed by atoms with Crippen molar-refractivity contribution in [1.29, 1.82) is 0 Å². The first kappa shape index (κ1) is 20.2. The van der Waals surface area contributed by atoms with Crippen LogP contribution in [0.4, 0.5) is 0 Å². The fraction of sp³-hybridized carbons (Fsp3) is 0.400. The van der Waals surface area contributed by atoms with Gasteiger partial charge in [0.15, 0.2) is 12.1 Å². The molecule has 2 aromatic rings. The molecule has 6 heteroatoms. The van der Waals surface area contributed by atoms with E-state index in [1.165, 1.54) is 0 Å². The maximum Gasteiger partial charge on any atom is 0.264 e. The molecule has 160 valence electrons. The van der Waals surface area contributed by atoms with Crippen LogP contribution in [-0.4, -0.2) is 48.9 Å². The molecule has 0 amide bonds. The van der Waals surface area contributed by atoms with Crippen LogP contribution in [0.25, 0.3) is 0 Å². The van der Waals surface area contributed by atoms with Crippen LogP contribution in [0.1, 0.15) is 25.0 Å². The van der Waals surface area contributed by atoms with E-state index >= 15 is 0 Å². The first-order chi connectivity index (χ1) is 15.1. The maximum atomic E-state index is 6.29. The van der Waals surface area contributed by atoms with Crippen LogP contribution in [0.5, 0.6) is 0 Å². The highest BCUT2D eigenvalue weighted by molar-refractivity contribution is 5.95. The Labute approximate surface area is 182 Å². The van der Waals surface area contributed by atoms with Crippen molar-refractivity contribution in [1.82, 2.24) is 0 Å². The molecule has 6 nitrogen and oxygen atoms in total. The average molecular weight is 419 g/mol. The molecule has 3 aliphatic rings. The van der Waals surface area contributed by atoms with Crippen LogP contribution in [0.2, 0.25) is 0 Å². The molecule has 0 aliphatic carbocycles. The predicted molar refractivity (Wildman–Crippen MR) is 114 cm³/mol. The zero-order chi connectivity index (χ0) is 21.3. The second-order valence-electron chi connectivity index (χ2n) is 8.25. The minimum absolute atomic E-state index is 0.304. The topological polar surface area (TPSA) is 58.5 Å². The quantitative estimate of drug-likeness (QED) is 0.712. The van der Waals surface area contributed by atoms with Crippen molar-refractivity contribution in [2.75, 3.05) is 6.54 Å². The Hall–Kier alpha value is -2.69. The monoisotopic (exact) mass is 419 g/mol. The highest BCUT2D eigenvalue weighted by Gasteiger charge is 2.58. The molecule has 0 unspecified atom stereocenters. The lowest BCUT2D eigenvalue weighted by molar-refractivity contribution is -0.227. The first-order valence-corrected chi connectivity index (χ1v) is 10.5. The van der Waals surface area contributed by atoms with E-state index in [1.807, 2.05) is 74.5 Å². The van der Waals surface area contributed by atoms with E-state index in [2.05, 4.69) is 16.8 Å². The van der Waals surface area contributed by atoms with Gasteiger partial charge in [-0.05, 0) is 37.5 Å². The number of nitrogens with zero attached hydrogens (tertiary/aromatic N) is 1. The summed E-state index contributed by atoms with van der Waals surface area (Å²) in [5.41, 5.74) is 2.00. The Balaban J connectivity index is 1.28. The third kappa shape index (κ3) is 4.51. The Morgan fingerprint density at radius 2 is 1.71 bits per heavy atom. The lowest BCUT2D eigenvalue weighted by Gasteiger charge is -2.28. The second kappa shape index (κ2) is 8.45. The third-order valence-corrected chi connectivity index (χ3v) is 5.44. The molecule has 0 bridgehead atoms. The van der Waals surface area contributed by atoms with E-state index in [-0.39, 0.29) is 24.4 Å². The molecule has 5 rings (SSSR count). The summed E-state index contributed by atoms with van der Waals surface area (Å²) < 4.78 is 30.5. The third-order valence-electron chi connectivity index (χ3n) is 5.44. The van der Waals surface area contributed by atoms with Crippen LogP contribution in [0, 0.1) is 11.8 Å². The molecule has 0 spiro atoms.